The highest BCUT2D eigenvalue weighted by Gasteiger charge is 2.59. The van der Waals surface area contributed by atoms with Crippen LogP contribution in [0.5, 0.6) is 0 Å². The lowest BCUT2D eigenvalue weighted by Gasteiger charge is -2.37. The van der Waals surface area contributed by atoms with Crippen molar-refractivity contribution in [3.05, 3.63) is 0 Å². The third-order valence-corrected chi connectivity index (χ3v) is 5.52. The first-order valence-electron chi connectivity index (χ1n) is 9.65. The van der Waals surface area contributed by atoms with Gasteiger partial charge in [-0.15, -0.1) is 0 Å². The summed E-state index contributed by atoms with van der Waals surface area (Å²) in [5.41, 5.74) is -0.591. The fourth-order valence-corrected chi connectivity index (χ4v) is 4.41. The van der Waals surface area contributed by atoms with Crippen molar-refractivity contribution in [2.75, 3.05) is 26.9 Å². The highest BCUT2D eigenvalue weighted by molar-refractivity contribution is 6.48. The first kappa shape index (κ1) is 24.1. The second-order valence-electron chi connectivity index (χ2n) is 9.66. The van der Waals surface area contributed by atoms with Gasteiger partial charge in [-0.3, -0.25) is 4.53 Å². The standard InChI is InChI=1S/C19H38NO6Si/c1-18(2,3)14-10-15(12-24-13-16(21)23-7)20(11-14,26-27(8)9)17(22)25-19(4,5)6/h14-15,27H,10-13H2,1-9H3/q+1/t14-,15-,20?/m0/s1. The summed E-state index contributed by atoms with van der Waals surface area (Å²) in [6.07, 6.45) is 0.396. The number of ether oxygens (including phenoxy) is 3. The molecule has 1 unspecified atom stereocenters. The van der Waals surface area contributed by atoms with Gasteiger partial charge in [-0.2, -0.15) is 4.79 Å². The monoisotopic (exact) mass is 404 g/mol. The molecule has 0 aromatic rings. The van der Waals surface area contributed by atoms with Crippen LogP contribution >= 0.6 is 0 Å². The van der Waals surface area contributed by atoms with Crippen molar-refractivity contribution < 1.29 is 33.0 Å². The quantitative estimate of drug-likeness (QED) is 0.384. The van der Waals surface area contributed by atoms with Gasteiger partial charge in [0, 0.05) is 12.3 Å². The molecule has 7 nitrogen and oxygen atoms in total. The fourth-order valence-electron chi connectivity index (χ4n) is 3.31. The molecule has 3 atom stereocenters. The number of hydrogen-bond acceptors (Lipinski definition) is 6. The molecule has 27 heavy (non-hydrogen) atoms. The minimum Gasteiger partial charge on any atom is -0.467 e. The van der Waals surface area contributed by atoms with Crippen LogP contribution in [0.4, 0.5) is 4.79 Å². The second-order valence-corrected chi connectivity index (χ2v) is 12.0. The number of carbonyl (C=O) groups is 2. The molecule has 1 fully saturated rings. The van der Waals surface area contributed by atoms with Gasteiger partial charge in [0.2, 0.25) is 0 Å². The SMILES string of the molecule is COC(=O)COC[C@@H]1C[C@H](C(C)(C)C)C[N+]1(O[SiH](C)C)C(=O)OC(C)(C)C. The number of rotatable bonds is 6. The van der Waals surface area contributed by atoms with Crippen LogP contribution in [0.1, 0.15) is 48.0 Å². The van der Waals surface area contributed by atoms with Crippen molar-refractivity contribution in [2.24, 2.45) is 11.3 Å². The molecular weight excluding hydrogens is 366 g/mol. The summed E-state index contributed by atoms with van der Waals surface area (Å²) in [5, 5.41) is 0. The van der Waals surface area contributed by atoms with Gasteiger partial charge in [0.25, 0.3) is 9.04 Å². The Morgan fingerprint density at radius 1 is 1.11 bits per heavy atom. The van der Waals surface area contributed by atoms with Crippen molar-refractivity contribution >= 4 is 21.1 Å². The zero-order chi connectivity index (χ0) is 21.0. The van der Waals surface area contributed by atoms with Crippen LogP contribution < -0.4 is 0 Å². The first-order chi connectivity index (χ1) is 12.2. The van der Waals surface area contributed by atoms with Gasteiger partial charge in [-0.05, 0) is 39.3 Å². The Balaban J connectivity index is 3.16. The van der Waals surface area contributed by atoms with Crippen LogP contribution in [0.2, 0.25) is 13.1 Å². The predicted octanol–water partition coefficient (Wildman–Crippen LogP) is 3.28. The summed E-state index contributed by atoms with van der Waals surface area (Å²) in [7, 11) is -0.245. The molecule has 8 heteroatoms. The van der Waals surface area contributed by atoms with Crippen LogP contribution in [-0.4, -0.2) is 64.3 Å². The summed E-state index contributed by atoms with van der Waals surface area (Å²) >= 11 is 0. The highest BCUT2D eigenvalue weighted by atomic mass is 28.3. The van der Waals surface area contributed by atoms with E-state index < -0.39 is 20.6 Å². The minimum atomic E-state index is -1.57. The molecule has 1 heterocycles. The van der Waals surface area contributed by atoms with E-state index in [1.54, 1.807) is 0 Å². The third kappa shape index (κ3) is 6.85. The summed E-state index contributed by atoms with van der Waals surface area (Å²) in [6.45, 7) is 16.8. The maximum atomic E-state index is 13.3. The summed E-state index contributed by atoms with van der Waals surface area (Å²) in [6, 6.07) is -0.219. The Hall–Kier alpha value is -0.963. The van der Waals surface area contributed by atoms with Crippen LogP contribution in [0, 0.1) is 11.3 Å². The highest BCUT2D eigenvalue weighted by Crippen LogP contribution is 2.43. The van der Waals surface area contributed by atoms with E-state index in [1.165, 1.54) is 7.11 Å². The van der Waals surface area contributed by atoms with E-state index >= 15 is 0 Å². The molecule has 1 saturated heterocycles. The molecule has 158 valence electrons. The molecule has 1 amide bonds. The number of quaternary nitrogens is 1. The summed E-state index contributed by atoms with van der Waals surface area (Å²) in [4.78, 5) is 24.7. The molecule has 1 rings (SSSR count). The second kappa shape index (κ2) is 9.02. The molecule has 0 radical (unpaired) electrons. The Morgan fingerprint density at radius 3 is 2.15 bits per heavy atom. The summed E-state index contributed by atoms with van der Waals surface area (Å²) < 4.78 is 22.1. The third-order valence-electron chi connectivity index (χ3n) is 4.72. The summed E-state index contributed by atoms with van der Waals surface area (Å²) in [5.74, 6) is -0.167. The van der Waals surface area contributed by atoms with Crippen LogP contribution in [-0.2, 0) is 23.5 Å². The van der Waals surface area contributed by atoms with E-state index in [1.807, 2.05) is 33.9 Å². The van der Waals surface area contributed by atoms with Crippen molar-refractivity contribution in [3.63, 3.8) is 0 Å². The van der Waals surface area contributed by atoms with Crippen LogP contribution in [0.15, 0.2) is 0 Å². The molecule has 0 saturated carbocycles. The fraction of sp³-hybridized carbons (Fsp3) is 0.895. The van der Waals surface area contributed by atoms with Crippen LogP contribution in [0.25, 0.3) is 0 Å². The number of methoxy groups -OCH3 is 1. The number of carbonyl (C=O) groups excluding carboxylic acids is 2. The average Bonchev–Trinajstić information content (AvgIpc) is 2.84. The number of amides is 1. The molecule has 1 aliphatic heterocycles. The van der Waals surface area contributed by atoms with Crippen molar-refractivity contribution in [1.29, 1.82) is 0 Å². The normalized spacial score (nSPS) is 26.3. The van der Waals surface area contributed by atoms with E-state index in [-0.39, 0.29) is 41.3 Å². The topological polar surface area (TPSA) is 71.1 Å². The number of hydrogen-bond donors (Lipinski definition) is 0. The first-order valence-corrected chi connectivity index (χ1v) is 12.4. The molecule has 0 aromatic heterocycles. The molecule has 0 aromatic carbocycles. The average molecular weight is 405 g/mol. The van der Waals surface area contributed by atoms with Gasteiger partial charge >= 0.3 is 12.1 Å². The number of hydroxylamine groups is 3. The van der Waals surface area contributed by atoms with Gasteiger partial charge in [0.15, 0.2) is 6.04 Å². The van der Waals surface area contributed by atoms with E-state index in [4.69, 9.17) is 14.0 Å². The smallest absolute Gasteiger partial charge is 0.467 e. The number of likely N-dealkylation sites (tertiary alicyclic amines) is 1. The van der Waals surface area contributed by atoms with E-state index in [0.717, 1.165) is 6.42 Å². The zero-order valence-corrected chi connectivity index (χ0v) is 19.6. The predicted molar refractivity (Wildman–Crippen MR) is 106 cm³/mol. The molecule has 0 N–H and O–H groups in total. The van der Waals surface area contributed by atoms with Gasteiger partial charge in [-0.25, -0.2) is 4.79 Å². The minimum absolute atomic E-state index is 0.0184. The van der Waals surface area contributed by atoms with Crippen molar-refractivity contribution in [1.82, 2.24) is 0 Å². The molecule has 0 bridgehead atoms. The molecular formula is C19H38NO6Si+. The van der Waals surface area contributed by atoms with Crippen LogP contribution in [0.3, 0.4) is 0 Å². The Morgan fingerprint density at radius 2 is 1.70 bits per heavy atom. The largest absolute Gasteiger partial charge is 0.549 e. The maximum Gasteiger partial charge on any atom is 0.549 e. The lowest BCUT2D eigenvalue weighted by atomic mass is 9.79. The van der Waals surface area contributed by atoms with E-state index in [9.17, 15) is 9.59 Å². The molecule has 0 aliphatic carbocycles. The Labute approximate surface area is 165 Å². The zero-order valence-electron chi connectivity index (χ0n) is 18.5. The van der Waals surface area contributed by atoms with Gasteiger partial charge < -0.3 is 14.2 Å². The Kier molecular flexibility index (Phi) is 8.05. The van der Waals surface area contributed by atoms with Gasteiger partial charge in [-0.1, -0.05) is 25.4 Å². The van der Waals surface area contributed by atoms with E-state index in [0.29, 0.717) is 6.54 Å². The van der Waals surface area contributed by atoms with E-state index in [2.05, 4.69) is 25.5 Å². The lowest BCUT2D eigenvalue weighted by Crippen LogP contribution is -2.60. The maximum absolute atomic E-state index is 13.3. The molecule has 1 aliphatic rings. The van der Waals surface area contributed by atoms with Crippen molar-refractivity contribution in [3.8, 4) is 0 Å². The molecule has 0 spiro atoms. The lowest BCUT2D eigenvalue weighted by molar-refractivity contribution is -1.03. The Bertz CT molecular complexity index is 525. The van der Waals surface area contributed by atoms with Gasteiger partial charge in [0.1, 0.15) is 25.4 Å². The number of nitrogens with zero attached hydrogens (tertiary/aromatic N) is 1. The number of esters is 1. The van der Waals surface area contributed by atoms with Gasteiger partial charge in [0.05, 0.1) is 7.11 Å². The van der Waals surface area contributed by atoms with Crippen molar-refractivity contribution in [2.45, 2.75) is 72.7 Å².